The summed E-state index contributed by atoms with van der Waals surface area (Å²) >= 11 is 0. The summed E-state index contributed by atoms with van der Waals surface area (Å²) < 4.78 is 0. The van der Waals surface area contributed by atoms with Gasteiger partial charge in [-0.3, -0.25) is 0 Å². The van der Waals surface area contributed by atoms with E-state index in [1.165, 1.54) is 27.8 Å². The van der Waals surface area contributed by atoms with E-state index in [9.17, 15) is 0 Å². The summed E-state index contributed by atoms with van der Waals surface area (Å²) in [6.07, 6.45) is 8.93. The topological polar surface area (TPSA) is 26.0 Å². The largest absolute Gasteiger partial charge is 0.404 e. The average molecular weight is 512 g/mol. The number of benzene rings is 4. The number of hydrogen-bond acceptors (Lipinski definition) is 1. The van der Waals surface area contributed by atoms with Crippen molar-refractivity contribution in [3.8, 4) is 0 Å². The minimum Gasteiger partial charge on any atom is -0.404 e. The SMILES string of the molecule is C=C(/C=C\C(=C/N)c1ccccc1)/C(=C/c1ccccc1C(C)(c1ccccc1)c1ccccc1)CC.CC. The van der Waals surface area contributed by atoms with Crippen LogP contribution in [-0.4, -0.2) is 0 Å². The molecule has 0 aliphatic carbocycles. The van der Waals surface area contributed by atoms with Gasteiger partial charge >= 0.3 is 0 Å². The Morgan fingerprint density at radius 2 is 1.21 bits per heavy atom. The van der Waals surface area contributed by atoms with Crippen molar-refractivity contribution in [3.63, 3.8) is 0 Å². The molecular weight excluding hydrogens is 470 g/mol. The first-order valence-electron chi connectivity index (χ1n) is 13.8. The maximum atomic E-state index is 5.94. The van der Waals surface area contributed by atoms with Crippen molar-refractivity contribution in [1.29, 1.82) is 0 Å². The molecule has 0 aliphatic heterocycles. The molecule has 0 radical (unpaired) electrons. The molecule has 0 heterocycles. The van der Waals surface area contributed by atoms with Crippen molar-refractivity contribution in [2.24, 2.45) is 5.73 Å². The van der Waals surface area contributed by atoms with Crippen LogP contribution in [0.15, 0.2) is 151 Å². The smallest absolute Gasteiger partial charge is 0.0429 e. The monoisotopic (exact) mass is 511 g/mol. The van der Waals surface area contributed by atoms with Crippen LogP contribution >= 0.6 is 0 Å². The second-order valence-electron chi connectivity index (χ2n) is 9.31. The van der Waals surface area contributed by atoms with E-state index in [1.807, 2.05) is 38.1 Å². The van der Waals surface area contributed by atoms with E-state index < -0.39 is 0 Å². The molecule has 0 bridgehead atoms. The highest BCUT2D eigenvalue weighted by atomic mass is 14.5. The van der Waals surface area contributed by atoms with Gasteiger partial charge in [0.25, 0.3) is 0 Å². The molecule has 0 saturated carbocycles. The van der Waals surface area contributed by atoms with E-state index in [1.54, 1.807) is 6.20 Å². The predicted molar refractivity (Wildman–Crippen MR) is 171 cm³/mol. The molecule has 1 nitrogen and oxygen atoms in total. The molecule has 0 aliphatic rings. The Balaban J connectivity index is 0.00000205. The van der Waals surface area contributed by atoms with E-state index in [0.717, 1.165) is 23.1 Å². The fraction of sp³-hybridized carbons (Fsp3) is 0.158. The highest BCUT2D eigenvalue weighted by Gasteiger charge is 2.32. The third-order valence-corrected chi connectivity index (χ3v) is 7.08. The molecule has 1 heteroatoms. The van der Waals surface area contributed by atoms with Crippen molar-refractivity contribution in [2.45, 2.75) is 39.5 Å². The van der Waals surface area contributed by atoms with Crippen LogP contribution in [0.3, 0.4) is 0 Å². The second-order valence-corrected chi connectivity index (χ2v) is 9.31. The molecule has 2 N–H and O–H groups in total. The third kappa shape index (κ3) is 6.94. The first-order chi connectivity index (χ1) is 19.1. The van der Waals surface area contributed by atoms with Crippen molar-refractivity contribution in [3.05, 3.63) is 179 Å². The first kappa shape index (κ1) is 29.2. The van der Waals surface area contributed by atoms with Gasteiger partial charge in [-0.1, -0.05) is 161 Å². The summed E-state index contributed by atoms with van der Waals surface area (Å²) in [5.41, 5.74) is 14.8. The van der Waals surface area contributed by atoms with E-state index in [-0.39, 0.29) is 5.41 Å². The lowest BCUT2D eigenvalue weighted by Crippen LogP contribution is -2.26. The van der Waals surface area contributed by atoms with E-state index >= 15 is 0 Å². The van der Waals surface area contributed by atoms with Crippen molar-refractivity contribution < 1.29 is 0 Å². The van der Waals surface area contributed by atoms with Gasteiger partial charge in [0.1, 0.15) is 0 Å². The minimum atomic E-state index is -0.311. The molecule has 4 aromatic rings. The Kier molecular flexibility index (Phi) is 10.9. The zero-order valence-electron chi connectivity index (χ0n) is 23.8. The maximum Gasteiger partial charge on any atom is 0.0429 e. The van der Waals surface area contributed by atoms with Crippen molar-refractivity contribution in [1.82, 2.24) is 0 Å². The van der Waals surface area contributed by atoms with Crippen molar-refractivity contribution >= 4 is 11.6 Å². The van der Waals surface area contributed by atoms with Gasteiger partial charge in [-0.05, 0) is 57.9 Å². The Bertz CT molecular complexity index is 1370. The molecule has 0 saturated heterocycles. The number of hydrogen-bond donors (Lipinski definition) is 1. The summed E-state index contributed by atoms with van der Waals surface area (Å²) in [4.78, 5) is 0. The van der Waals surface area contributed by atoms with E-state index in [2.05, 4.69) is 130 Å². The molecule has 0 spiro atoms. The fourth-order valence-corrected chi connectivity index (χ4v) is 4.88. The van der Waals surface area contributed by atoms with Gasteiger partial charge in [0.15, 0.2) is 0 Å². The first-order valence-corrected chi connectivity index (χ1v) is 13.8. The second kappa shape index (κ2) is 14.5. The van der Waals surface area contributed by atoms with Gasteiger partial charge in [-0.2, -0.15) is 0 Å². The van der Waals surface area contributed by atoms with Crippen LogP contribution in [0.1, 0.15) is 61.9 Å². The lowest BCUT2D eigenvalue weighted by atomic mass is 9.69. The highest BCUT2D eigenvalue weighted by Crippen LogP contribution is 2.41. The number of allylic oxidation sites excluding steroid dienone is 5. The van der Waals surface area contributed by atoms with Gasteiger partial charge in [0, 0.05) is 11.6 Å². The Hall–Kier alpha value is -4.36. The number of rotatable bonds is 9. The summed E-state index contributed by atoms with van der Waals surface area (Å²) in [6.45, 7) is 12.9. The van der Waals surface area contributed by atoms with Gasteiger partial charge in [-0.25, -0.2) is 0 Å². The van der Waals surface area contributed by atoms with Gasteiger partial charge in [0.05, 0.1) is 0 Å². The van der Waals surface area contributed by atoms with Gasteiger partial charge < -0.3 is 5.73 Å². The molecular formula is C38H41N. The predicted octanol–water partition coefficient (Wildman–Crippen LogP) is 9.97. The lowest BCUT2D eigenvalue weighted by molar-refractivity contribution is 0.691. The van der Waals surface area contributed by atoms with Gasteiger partial charge in [-0.15, -0.1) is 0 Å². The van der Waals surface area contributed by atoms with Crippen LogP contribution in [0, 0.1) is 0 Å². The maximum absolute atomic E-state index is 5.94. The van der Waals surface area contributed by atoms with Crippen LogP contribution in [0.4, 0.5) is 0 Å². The molecule has 0 amide bonds. The quantitative estimate of drug-likeness (QED) is 0.176. The van der Waals surface area contributed by atoms with Crippen LogP contribution in [-0.2, 0) is 5.41 Å². The molecule has 0 fully saturated rings. The molecule has 4 aromatic carbocycles. The Labute approximate surface area is 235 Å². The van der Waals surface area contributed by atoms with E-state index in [4.69, 9.17) is 5.73 Å². The van der Waals surface area contributed by atoms with Crippen molar-refractivity contribution in [2.75, 3.05) is 0 Å². The Morgan fingerprint density at radius 3 is 1.72 bits per heavy atom. The average Bonchev–Trinajstić information content (AvgIpc) is 3.02. The highest BCUT2D eigenvalue weighted by molar-refractivity contribution is 5.75. The van der Waals surface area contributed by atoms with Crippen LogP contribution in [0.5, 0.6) is 0 Å². The lowest BCUT2D eigenvalue weighted by Gasteiger charge is -2.33. The third-order valence-electron chi connectivity index (χ3n) is 7.08. The van der Waals surface area contributed by atoms with Crippen LogP contribution in [0.2, 0.25) is 0 Å². The fourth-order valence-electron chi connectivity index (χ4n) is 4.88. The molecule has 39 heavy (non-hydrogen) atoms. The van der Waals surface area contributed by atoms with Crippen LogP contribution in [0.25, 0.3) is 11.6 Å². The standard InChI is InChI=1S/C36H35N.C2H6/c1-4-29(28(2)24-25-32(27-37)30-16-8-5-9-17-30)26-31-18-14-15-23-35(31)36(3,33-19-10-6-11-20-33)34-21-12-7-13-22-34;1-2/h5-27H,2,4,37H2,1,3H3;1-2H3/b25-24-,29-26+,32-27+;. The minimum absolute atomic E-state index is 0.311. The summed E-state index contributed by atoms with van der Waals surface area (Å²) in [5.74, 6) is 0. The molecule has 198 valence electrons. The Morgan fingerprint density at radius 1 is 0.718 bits per heavy atom. The molecule has 0 aromatic heterocycles. The van der Waals surface area contributed by atoms with E-state index in [0.29, 0.717) is 0 Å². The normalized spacial score (nSPS) is 12.1. The number of nitrogens with two attached hydrogens (primary N) is 1. The van der Waals surface area contributed by atoms with Gasteiger partial charge in [0.2, 0.25) is 0 Å². The summed E-state index contributed by atoms with van der Waals surface area (Å²) in [5, 5.41) is 0. The summed E-state index contributed by atoms with van der Waals surface area (Å²) in [6, 6.07) is 40.4. The molecule has 0 atom stereocenters. The molecule has 0 unspecified atom stereocenters. The summed E-state index contributed by atoms with van der Waals surface area (Å²) in [7, 11) is 0. The zero-order chi connectivity index (χ0) is 28.1. The van der Waals surface area contributed by atoms with Crippen LogP contribution < -0.4 is 5.73 Å². The molecule has 4 rings (SSSR count). The zero-order valence-corrected chi connectivity index (χ0v) is 23.8.